The molecule has 0 saturated carbocycles. The van der Waals surface area contributed by atoms with Gasteiger partial charge in [0.1, 0.15) is 13.1 Å². The van der Waals surface area contributed by atoms with E-state index < -0.39 is 0 Å². The molecule has 3 rings (SSSR count). The van der Waals surface area contributed by atoms with E-state index in [2.05, 4.69) is 0 Å². The Balaban J connectivity index is 0.00000208. The summed E-state index contributed by atoms with van der Waals surface area (Å²) < 4.78 is 13.8. The zero-order valence-corrected chi connectivity index (χ0v) is 15.2. The van der Waals surface area contributed by atoms with E-state index >= 15 is 0 Å². The minimum absolute atomic E-state index is 0. The molecule has 1 aromatic heterocycles. The van der Waals surface area contributed by atoms with E-state index in [1.54, 1.807) is 53.9 Å². The molecule has 1 aliphatic rings. The number of halogens is 1. The van der Waals surface area contributed by atoms with Gasteiger partial charge >= 0.3 is 0 Å². The average molecular weight is 395 g/mol. The number of ketones is 2. The van der Waals surface area contributed by atoms with Crippen molar-refractivity contribution < 1.29 is 40.6 Å². The van der Waals surface area contributed by atoms with Crippen molar-refractivity contribution in [2.45, 2.75) is 13.1 Å². The second-order valence-electron chi connectivity index (χ2n) is 5.39. The number of hydrogen-bond acceptors (Lipinski definition) is 4. The molecule has 0 amide bonds. The minimum Gasteiger partial charge on any atom is -1.00 e. The van der Waals surface area contributed by atoms with E-state index in [4.69, 9.17) is 9.47 Å². The van der Waals surface area contributed by atoms with Crippen LogP contribution in [0.25, 0.3) is 0 Å². The summed E-state index contributed by atoms with van der Waals surface area (Å²) in [5.74, 6) is -0.245. The Morgan fingerprint density at radius 3 is 2.25 bits per heavy atom. The number of nitrogens with zero attached hydrogens (tertiary/aromatic N) is 2. The third-order valence-corrected chi connectivity index (χ3v) is 4.00. The molecule has 0 unspecified atom stereocenters. The predicted octanol–water partition coefficient (Wildman–Crippen LogP) is -2.15. The van der Waals surface area contributed by atoms with E-state index in [1.165, 1.54) is 0 Å². The molecule has 6 nitrogen and oxygen atoms in total. The molecule has 0 saturated heterocycles. The van der Waals surface area contributed by atoms with Gasteiger partial charge < -0.3 is 26.5 Å². The van der Waals surface area contributed by atoms with Crippen molar-refractivity contribution in [1.82, 2.24) is 4.57 Å². The number of imidazole rings is 1. The highest BCUT2D eigenvalue weighted by Crippen LogP contribution is 2.25. The lowest BCUT2D eigenvalue weighted by Crippen LogP contribution is -3.00. The van der Waals surface area contributed by atoms with E-state index in [0.717, 1.165) is 0 Å². The highest BCUT2D eigenvalue weighted by atomic mass is 79.9. The van der Waals surface area contributed by atoms with Gasteiger partial charge in [0.05, 0.1) is 13.2 Å². The Morgan fingerprint density at radius 1 is 1.00 bits per heavy atom. The van der Waals surface area contributed by atoms with E-state index in [9.17, 15) is 9.59 Å². The fraction of sp³-hybridized carbons (Fsp3) is 0.353. The molecule has 1 aliphatic carbocycles. The highest BCUT2D eigenvalue weighted by molar-refractivity contribution is 6.26. The third-order valence-electron chi connectivity index (χ3n) is 4.00. The first kappa shape index (κ1) is 18.5. The second-order valence-corrected chi connectivity index (χ2v) is 5.39. The topological polar surface area (TPSA) is 61.4 Å². The van der Waals surface area contributed by atoms with Crippen LogP contribution in [-0.2, 0) is 22.6 Å². The molecule has 1 heterocycles. The summed E-state index contributed by atoms with van der Waals surface area (Å²) in [6.07, 6.45) is 1.80. The van der Waals surface area contributed by atoms with Crippen molar-refractivity contribution in [3.8, 4) is 0 Å². The van der Waals surface area contributed by atoms with Crippen LogP contribution in [0.5, 0.6) is 0 Å². The Kier molecular flexibility index (Phi) is 6.04. The number of carbonyl (C=O) groups is 2. The molecule has 0 fully saturated rings. The number of benzene rings is 1. The Labute approximate surface area is 150 Å². The summed E-state index contributed by atoms with van der Waals surface area (Å²) in [6, 6.07) is 6.95. The molecular formula is C17H19BrN2O4. The fourth-order valence-electron chi connectivity index (χ4n) is 2.88. The maximum atomic E-state index is 12.9. The molecule has 0 atom stereocenters. The Morgan fingerprint density at radius 2 is 1.62 bits per heavy atom. The van der Waals surface area contributed by atoms with E-state index in [-0.39, 0.29) is 28.5 Å². The molecule has 24 heavy (non-hydrogen) atoms. The summed E-state index contributed by atoms with van der Waals surface area (Å²) in [6.45, 7) is 1.96. The molecule has 128 valence electrons. The van der Waals surface area contributed by atoms with Gasteiger partial charge in [0, 0.05) is 25.3 Å². The summed E-state index contributed by atoms with van der Waals surface area (Å²) in [5, 5.41) is 0. The molecule has 0 aliphatic heterocycles. The van der Waals surface area contributed by atoms with Crippen LogP contribution in [0, 0.1) is 0 Å². The van der Waals surface area contributed by atoms with Gasteiger partial charge in [-0.1, -0.05) is 24.3 Å². The lowest BCUT2D eigenvalue weighted by Gasteiger charge is -2.12. The SMILES string of the molecule is COCCn1c[n+](CCOC)c2c1C(=O)c1ccccc1C2=O.[Br-]. The quantitative estimate of drug-likeness (QED) is 0.447. The lowest BCUT2D eigenvalue weighted by atomic mass is 9.90. The number of rotatable bonds is 6. The van der Waals surface area contributed by atoms with Crippen LogP contribution in [-0.4, -0.2) is 43.6 Å². The predicted molar refractivity (Wildman–Crippen MR) is 81.7 cm³/mol. The number of ether oxygens (including phenoxy) is 2. The van der Waals surface area contributed by atoms with Crippen molar-refractivity contribution in [3.05, 3.63) is 53.1 Å². The fourth-order valence-corrected chi connectivity index (χ4v) is 2.88. The van der Waals surface area contributed by atoms with Crippen molar-refractivity contribution >= 4 is 11.6 Å². The van der Waals surface area contributed by atoms with Gasteiger partial charge in [0.25, 0.3) is 0 Å². The molecule has 0 spiro atoms. The van der Waals surface area contributed by atoms with Gasteiger partial charge in [-0.25, -0.2) is 9.13 Å². The number of aromatic nitrogens is 2. The first-order valence-corrected chi connectivity index (χ1v) is 7.48. The molecule has 0 N–H and O–H groups in total. The lowest BCUT2D eigenvalue weighted by molar-refractivity contribution is -0.699. The largest absolute Gasteiger partial charge is 1.00 e. The molecule has 0 radical (unpaired) electrons. The van der Waals surface area contributed by atoms with Crippen LogP contribution in [0.1, 0.15) is 32.1 Å². The van der Waals surface area contributed by atoms with Gasteiger partial charge in [-0.15, -0.1) is 0 Å². The molecule has 7 heteroatoms. The first-order chi connectivity index (χ1) is 11.2. The normalized spacial score (nSPS) is 12.6. The van der Waals surface area contributed by atoms with Gasteiger partial charge in [-0.3, -0.25) is 9.59 Å². The maximum Gasteiger partial charge on any atom is 0.245 e. The van der Waals surface area contributed by atoms with Gasteiger partial charge in [0.2, 0.25) is 29.3 Å². The molecule has 0 bridgehead atoms. The zero-order chi connectivity index (χ0) is 16.4. The van der Waals surface area contributed by atoms with Crippen molar-refractivity contribution in [2.24, 2.45) is 0 Å². The molecule has 2 aromatic rings. The van der Waals surface area contributed by atoms with Crippen molar-refractivity contribution in [3.63, 3.8) is 0 Å². The maximum absolute atomic E-state index is 12.9. The van der Waals surface area contributed by atoms with Crippen molar-refractivity contribution in [1.29, 1.82) is 0 Å². The van der Waals surface area contributed by atoms with Crippen LogP contribution in [0.2, 0.25) is 0 Å². The van der Waals surface area contributed by atoms with Gasteiger partial charge in [-0.2, -0.15) is 0 Å². The van der Waals surface area contributed by atoms with Crippen LogP contribution >= 0.6 is 0 Å². The van der Waals surface area contributed by atoms with Gasteiger partial charge in [-0.05, 0) is 0 Å². The number of fused-ring (bicyclic) bond motifs is 2. The van der Waals surface area contributed by atoms with E-state index in [0.29, 0.717) is 48.8 Å². The van der Waals surface area contributed by atoms with Crippen LogP contribution in [0.4, 0.5) is 0 Å². The number of carbonyl (C=O) groups excluding carboxylic acids is 2. The second kappa shape index (κ2) is 7.83. The number of methoxy groups -OCH3 is 2. The average Bonchev–Trinajstić information content (AvgIpc) is 2.95. The summed E-state index contributed by atoms with van der Waals surface area (Å²) in [4.78, 5) is 25.7. The Bertz CT molecular complexity index is 708. The molecule has 1 aromatic carbocycles. The van der Waals surface area contributed by atoms with Crippen LogP contribution < -0.4 is 21.5 Å². The van der Waals surface area contributed by atoms with Crippen molar-refractivity contribution in [2.75, 3.05) is 27.4 Å². The smallest absolute Gasteiger partial charge is 0.245 e. The summed E-state index contributed by atoms with van der Waals surface area (Å²) in [7, 11) is 3.22. The Hall–Kier alpha value is -1.83. The third kappa shape index (κ3) is 3.07. The van der Waals surface area contributed by atoms with E-state index in [1.807, 2.05) is 0 Å². The highest BCUT2D eigenvalue weighted by Gasteiger charge is 2.40. The van der Waals surface area contributed by atoms with Crippen LogP contribution in [0.15, 0.2) is 30.6 Å². The standard InChI is InChI=1S/C17H19N2O4.BrH/c1-22-9-7-18-11-19(8-10-23-2)15-14(18)16(20)12-5-3-4-6-13(12)17(15)21;/h3-6,11H,7-10H2,1-2H3;1H/q+1;/p-1. The molecular weight excluding hydrogens is 376 g/mol. The summed E-state index contributed by atoms with van der Waals surface area (Å²) in [5.41, 5.74) is 1.78. The minimum atomic E-state index is -0.123. The van der Waals surface area contributed by atoms with Crippen LogP contribution in [0.3, 0.4) is 0 Å². The first-order valence-electron chi connectivity index (χ1n) is 7.48. The van der Waals surface area contributed by atoms with Gasteiger partial charge in [0.15, 0.2) is 0 Å². The number of hydrogen-bond donors (Lipinski definition) is 0. The zero-order valence-electron chi connectivity index (χ0n) is 13.6. The summed E-state index contributed by atoms with van der Waals surface area (Å²) >= 11 is 0. The monoisotopic (exact) mass is 394 g/mol.